The first kappa shape index (κ1) is 14.2. The number of H-pyrrole nitrogens is 1. The van der Waals surface area contributed by atoms with Gasteiger partial charge in [-0.25, -0.2) is 9.89 Å². The summed E-state index contributed by atoms with van der Waals surface area (Å²) in [7, 11) is 0. The fraction of sp³-hybridized carbons (Fsp3) is 0.0556. The van der Waals surface area contributed by atoms with Gasteiger partial charge in [-0.2, -0.15) is 5.10 Å². The molecule has 6 heteroatoms. The first-order valence-electron chi connectivity index (χ1n) is 7.54. The SMILES string of the molecule is O=C1Nc2c(c(-c3ccccc3)n[nH]c2=O)[C@@H](c2ccccc2)N1. The topological polar surface area (TPSA) is 86.9 Å². The van der Waals surface area contributed by atoms with Crippen LogP contribution in [0.1, 0.15) is 17.2 Å². The maximum absolute atomic E-state index is 12.2. The van der Waals surface area contributed by atoms with Crippen LogP contribution in [0.4, 0.5) is 10.5 Å². The second-order valence-electron chi connectivity index (χ2n) is 5.50. The van der Waals surface area contributed by atoms with E-state index in [9.17, 15) is 9.59 Å². The highest BCUT2D eigenvalue weighted by molar-refractivity contribution is 5.95. The molecule has 1 aliphatic rings. The second kappa shape index (κ2) is 5.66. The van der Waals surface area contributed by atoms with Crippen LogP contribution in [0.5, 0.6) is 0 Å². The van der Waals surface area contributed by atoms with E-state index < -0.39 is 17.6 Å². The van der Waals surface area contributed by atoms with Gasteiger partial charge in [0.1, 0.15) is 5.69 Å². The molecule has 0 radical (unpaired) electrons. The third-order valence-corrected chi connectivity index (χ3v) is 4.00. The lowest BCUT2D eigenvalue weighted by Crippen LogP contribution is -2.41. The van der Waals surface area contributed by atoms with Crippen LogP contribution in [0.25, 0.3) is 11.3 Å². The minimum absolute atomic E-state index is 0.237. The van der Waals surface area contributed by atoms with Crippen LogP contribution in [0.15, 0.2) is 65.5 Å². The van der Waals surface area contributed by atoms with Crippen LogP contribution in [0.3, 0.4) is 0 Å². The standard InChI is InChI=1S/C18H14N4O2/c23-17-16-13(15(21-22-17)12-9-5-2-6-10-12)14(19-18(24)20-16)11-7-3-1-4-8-11/h1-10,14H,(H,22,23)(H2,19,20,24)/t14-/m1/s1. The van der Waals surface area contributed by atoms with Crippen molar-refractivity contribution < 1.29 is 4.79 Å². The third-order valence-electron chi connectivity index (χ3n) is 4.00. The maximum Gasteiger partial charge on any atom is 0.320 e. The van der Waals surface area contributed by atoms with Crippen molar-refractivity contribution in [3.8, 4) is 11.3 Å². The van der Waals surface area contributed by atoms with Crippen molar-refractivity contribution in [1.29, 1.82) is 0 Å². The van der Waals surface area contributed by atoms with E-state index in [1.54, 1.807) is 0 Å². The van der Waals surface area contributed by atoms with Crippen LogP contribution in [-0.2, 0) is 0 Å². The number of carbonyl (C=O) groups is 1. The Bertz CT molecular complexity index is 952. The van der Waals surface area contributed by atoms with Gasteiger partial charge < -0.3 is 10.6 Å². The van der Waals surface area contributed by atoms with Crippen molar-refractivity contribution in [3.63, 3.8) is 0 Å². The molecule has 0 aliphatic carbocycles. The number of carbonyl (C=O) groups excluding carboxylic acids is 1. The molecule has 0 unspecified atom stereocenters. The Hall–Kier alpha value is -3.41. The predicted molar refractivity (Wildman–Crippen MR) is 90.7 cm³/mol. The quantitative estimate of drug-likeness (QED) is 0.679. The number of anilines is 1. The Morgan fingerprint density at radius 1 is 0.875 bits per heavy atom. The van der Waals surface area contributed by atoms with Crippen LogP contribution in [0.2, 0.25) is 0 Å². The predicted octanol–water partition coefficient (Wildman–Crippen LogP) is 2.66. The van der Waals surface area contributed by atoms with Crippen molar-refractivity contribution in [2.45, 2.75) is 6.04 Å². The number of urea groups is 1. The summed E-state index contributed by atoms with van der Waals surface area (Å²) in [4.78, 5) is 24.2. The zero-order chi connectivity index (χ0) is 16.5. The Balaban J connectivity index is 1.99. The molecule has 3 aromatic rings. The lowest BCUT2D eigenvalue weighted by molar-refractivity contribution is 0.249. The Kier molecular flexibility index (Phi) is 3.35. The highest BCUT2D eigenvalue weighted by Gasteiger charge is 2.31. The van der Waals surface area contributed by atoms with Gasteiger partial charge in [0.25, 0.3) is 5.56 Å². The van der Waals surface area contributed by atoms with Crippen LogP contribution >= 0.6 is 0 Å². The summed E-state index contributed by atoms with van der Waals surface area (Å²) < 4.78 is 0. The smallest absolute Gasteiger partial charge is 0.320 e. The molecular weight excluding hydrogens is 304 g/mol. The minimum Gasteiger partial charge on any atom is -0.327 e. The average Bonchev–Trinajstić information content (AvgIpc) is 2.63. The summed E-state index contributed by atoms with van der Waals surface area (Å²) in [5.41, 5.74) is 2.87. The van der Waals surface area contributed by atoms with Crippen molar-refractivity contribution in [3.05, 3.63) is 82.1 Å². The van der Waals surface area contributed by atoms with E-state index >= 15 is 0 Å². The lowest BCUT2D eigenvalue weighted by Gasteiger charge is -2.28. The molecule has 0 bridgehead atoms. The molecule has 24 heavy (non-hydrogen) atoms. The molecule has 118 valence electrons. The molecule has 0 spiro atoms. The largest absolute Gasteiger partial charge is 0.327 e. The zero-order valence-electron chi connectivity index (χ0n) is 12.6. The fourth-order valence-electron chi connectivity index (χ4n) is 2.93. The molecule has 1 aliphatic heterocycles. The molecule has 0 saturated carbocycles. The van der Waals surface area contributed by atoms with Gasteiger partial charge in [-0.15, -0.1) is 0 Å². The van der Waals surface area contributed by atoms with Gasteiger partial charge in [0, 0.05) is 11.1 Å². The molecule has 6 nitrogen and oxygen atoms in total. The summed E-state index contributed by atoms with van der Waals surface area (Å²) in [5.74, 6) is 0. The van der Waals surface area contributed by atoms with Gasteiger partial charge in [-0.1, -0.05) is 60.7 Å². The number of aromatic nitrogens is 2. The molecule has 4 rings (SSSR count). The maximum atomic E-state index is 12.2. The number of amides is 2. The highest BCUT2D eigenvalue weighted by atomic mass is 16.2. The first-order valence-corrected chi connectivity index (χ1v) is 7.54. The van der Waals surface area contributed by atoms with Gasteiger partial charge in [-0.05, 0) is 5.56 Å². The van der Waals surface area contributed by atoms with Crippen molar-refractivity contribution in [2.24, 2.45) is 0 Å². The fourth-order valence-corrected chi connectivity index (χ4v) is 2.93. The van der Waals surface area contributed by atoms with E-state index in [1.807, 2.05) is 60.7 Å². The second-order valence-corrected chi connectivity index (χ2v) is 5.50. The molecule has 2 amide bonds. The molecule has 0 fully saturated rings. The van der Waals surface area contributed by atoms with Crippen molar-refractivity contribution in [1.82, 2.24) is 15.5 Å². The normalized spacial score (nSPS) is 16.0. The number of nitrogens with zero attached hydrogens (tertiary/aromatic N) is 1. The average molecular weight is 318 g/mol. The number of nitrogens with one attached hydrogen (secondary N) is 3. The summed E-state index contributed by atoms with van der Waals surface area (Å²) in [5, 5.41) is 12.2. The van der Waals surface area contributed by atoms with Gasteiger partial charge in [0.05, 0.1) is 11.7 Å². The summed E-state index contributed by atoms with van der Waals surface area (Å²) >= 11 is 0. The molecule has 2 aromatic carbocycles. The Labute approximate surface area is 137 Å². The highest BCUT2D eigenvalue weighted by Crippen LogP contribution is 2.35. The van der Waals surface area contributed by atoms with E-state index in [2.05, 4.69) is 20.8 Å². The number of benzene rings is 2. The van der Waals surface area contributed by atoms with Gasteiger partial charge in [0.2, 0.25) is 0 Å². The van der Waals surface area contributed by atoms with Crippen LogP contribution in [-0.4, -0.2) is 16.2 Å². The summed E-state index contributed by atoms with van der Waals surface area (Å²) in [6, 6.07) is 18.2. The lowest BCUT2D eigenvalue weighted by atomic mass is 9.92. The minimum atomic E-state index is -0.444. The summed E-state index contributed by atoms with van der Waals surface area (Å²) in [6.45, 7) is 0. The van der Waals surface area contributed by atoms with Gasteiger partial charge in [-0.3, -0.25) is 4.79 Å². The molecule has 1 atom stereocenters. The van der Waals surface area contributed by atoms with E-state index in [-0.39, 0.29) is 5.69 Å². The summed E-state index contributed by atoms with van der Waals surface area (Å²) in [6.07, 6.45) is 0. The van der Waals surface area contributed by atoms with Gasteiger partial charge in [0.15, 0.2) is 0 Å². The van der Waals surface area contributed by atoms with Crippen molar-refractivity contribution >= 4 is 11.7 Å². The first-order chi connectivity index (χ1) is 11.7. The number of aromatic amines is 1. The monoisotopic (exact) mass is 318 g/mol. The molecule has 0 saturated heterocycles. The van der Waals surface area contributed by atoms with Gasteiger partial charge >= 0.3 is 6.03 Å². The van der Waals surface area contributed by atoms with E-state index in [4.69, 9.17) is 0 Å². The van der Waals surface area contributed by atoms with Crippen LogP contribution in [0, 0.1) is 0 Å². The van der Waals surface area contributed by atoms with E-state index in [0.29, 0.717) is 11.3 Å². The van der Waals surface area contributed by atoms with Crippen LogP contribution < -0.4 is 16.2 Å². The molecule has 2 heterocycles. The molecular formula is C18H14N4O2. The molecule has 1 aromatic heterocycles. The number of hydrogen-bond donors (Lipinski definition) is 3. The van der Waals surface area contributed by atoms with E-state index in [1.165, 1.54) is 0 Å². The van der Waals surface area contributed by atoms with E-state index in [0.717, 1.165) is 11.1 Å². The number of fused-ring (bicyclic) bond motifs is 1. The number of rotatable bonds is 2. The number of hydrogen-bond acceptors (Lipinski definition) is 3. The Morgan fingerprint density at radius 3 is 2.25 bits per heavy atom. The zero-order valence-corrected chi connectivity index (χ0v) is 12.6. The molecule has 3 N–H and O–H groups in total. The van der Waals surface area contributed by atoms with Crippen molar-refractivity contribution in [2.75, 3.05) is 5.32 Å². The Morgan fingerprint density at radius 2 is 1.54 bits per heavy atom. The third kappa shape index (κ3) is 2.34.